The minimum atomic E-state index is -2.54. The first-order valence-corrected chi connectivity index (χ1v) is 19.3. The summed E-state index contributed by atoms with van der Waals surface area (Å²) >= 11 is -2.54. The molecular formula is C24H39NO3Sn. The fraction of sp³-hybridized carbons (Fsp3) is 0.625. The molecule has 0 aliphatic heterocycles. The van der Waals surface area contributed by atoms with Gasteiger partial charge in [0.2, 0.25) is 0 Å². The fourth-order valence-electron chi connectivity index (χ4n) is 4.09. The third-order valence-corrected chi connectivity index (χ3v) is 21.2. The van der Waals surface area contributed by atoms with Crippen LogP contribution >= 0.6 is 0 Å². The summed E-state index contributed by atoms with van der Waals surface area (Å²) in [7, 11) is 0. The molecule has 0 N–H and O–H groups in total. The van der Waals surface area contributed by atoms with Crippen molar-refractivity contribution in [2.45, 2.75) is 90.9 Å². The number of unbranched alkanes of at least 4 members (excludes halogenated alkanes) is 3. The number of carbonyl (C=O) groups excluding carboxylic acids is 1. The summed E-state index contributed by atoms with van der Waals surface area (Å²) < 4.78 is 5.04. The second kappa shape index (κ2) is 13.2. The maximum absolute atomic E-state index is 13.4. The van der Waals surface area contributed by atoms with E-state index >= 15 is 0 Å². The van der Waals surface area contributed by atoms with Gasteiger partial charge in [0.05, 0.1) is 0 Å². The van der Waals surface area contributed by atoms with E-state index in [4.69, 9.17) is 0 Å². The number of hydrogen-bond acceptors (Lipinski definition) is 3. The summed E-state index contributed by atoms with van der Waals surface area (Å²) in [5, 5.41) is 11.2. The molecule has 1 aromatic rings. The number of non-ortho nitro benzene ring substituents is 1. The molecule has 0 heterocycles. The second-order valence-corrected chi connectivity index (χ2v) is 22.5. The molecule has 0 bridgehead atoms. The number of benzene rings is 1. The summed E-state index contributed by atoms with van der Waals surface area (Å²) in [4.78, 5) is 24.1. The minimum absolute atomic E-state index is 0.000676. The van der Waals surface area contributed by atoms with Crippen LogP contribution in [0.4, 0.5) is 5.69 Å². The van der Waals surface area contributed by atoms with Gasteiger partial charge in [0.25, 0.3) is 0 Å². The van der Waals surface area contributed by atoms with Crippen molar-refractivity contribution in [3.63, 3.8) is 0 Å². The molecule has 5 heteroatoms. The normalized spacial score (nSPS) is 11.3. The number of carbonyl (C=O) groups is 1. The number of nitro benzene ring substituents is 1. The van der Waals surface area contributed by atoms with Crippen LogP contribution in [0.5, 0.6) is 0 Å². The van der Waals surface area contributed by atoms with E-state index in [1.54, 1.807) is 12.1 Å². The van der Waals surface area contributed by atoms with Crippen LogP contribution in [0.15, 0.2) is 35.4 Å². The Labute approximate surface area is 181 Å². The molecule has 0 amide bonds. The van der Waals surface area contributed by atoms with E-state index in [2.05, 4.69) is 20.8 Å². The van der Waals surface area contributed by atoms with Crippen LogP contribution in [0.1, 0.15) is 83.5 Å². The molecule has 0 radical (unpaired) electrons. The second-order valence-electron chi connectivity index (χ2n) is 8.60. The summed E-state index contributed by atoms with van der Waals surface area (Å²) in [5.41, 5.74) is 2.45. The van der Waals surface area contributed by atoms with E-state index in [9.17, 15) is 14.9 Å². The topological polar surface area (TPSA) is 60.2 Å². The first kappa shape index (κ1) is 25.9. The monoisotopic (exact) mass is 509 g/mol. The summed E-state index contributed by atoms with van der Waals surface area (Å²) in [6, 6.07) is 6.23. The molecule has 1 rings (SSSR count). The van der Waals surface area contributed by atoms with Crippen molar-refractivity contribution >= 4 is 29.8 Å². The van der Waals surface area contributed by atoms with Gasteiger partial charge in [-0.05, 0) is 0 Å². The number of ketones is 1. The van der Waals surface area contributed by atoms with Gasteiger partial charge in [-0.3, -0.25) is 0 Å². The van der Waals surface area contributed by atoms with Crippen molar-refractivity contribution in [3.8, 4) is 0 Å². The van der Waals surface area contributed by atoms with Crippen LogP contribution in [0, 0.1) is 10.1 Å². The Balaban J connectivity index is 3.28. The summed E-state index contributed by atoms with van der Waals surface area (Å²) in [6.07, 6.45) is 7.43. The van der Waals surface area contributed by atoms with Gasteiger partial charge in [-0.2, -0.15) is 0 Å². The third-order valence-electron chi connectivity index (χ3n) is 5.93. The van der Waals surface area contributed by atoms with Crippen LogP contribution in [0.25, 0.3) is 0 Å². The van der Waals surface area contributed by atoms with Gasteiger partial charge in [-0.25, -0.2) is 0 Å². The third kappa shape index (κ3) is 8.23. The maximum atomic E-state index is 13.4. The molecule has 0 saturated heterocycles. The van der Waals surface area contributed by atoms with Crippen molar-refractivity contribution in [2.24, 2.45) is 0 Å². The molecule has 4 nitrogen and oxygen atoms in total. The number of Topliss-reactive ketones (excluding diaryl/α,β-unsaturated/α-hetero) is 1. The predicted molar refractivity (Wildman–Crippen MR) is 126 cm³/mol. The van der Waals surface area contributed by atoms with Crippen LogP contribution in [-0.4, -0.2) is 29.1 Å². The van der Waals surface area contributed by atoms with Gasteiger partial charge in [0.1, 0.15) is 0 Å². The Morgan fingerprint density at radius 1 is 0.966 bits per heavy atom. The van der Waals surface area contributed by atoms with Crippen molar-refractivity contribution in [3.05, 3.63) is 51.1 Å². The van der Waals surface area contributed by atoms with E-state index in [-0.39, 0.29) is 11.5 Å². The molecule has 0 aliphatic carbocycles. The van der Waals surface area contributed by atoms with Gasteiger partial charge in [-0.1, -0.05) is 0 Å². The van der Waals surface area contributed by atoms with E-state index in [1.807, 2.05) is 13.8 Å². The Bertz CT molecular complexity index is 686. The molecule has 162 valence electrons. The quantitative estimate of drug-likeness (QED) is 0.0842. The molecule has 1 aromatic carbocycles. The van der Waals surface area contributed by atoms with Gasteiger partial charge in [0, 0.05) is 0 Å². The molecule has 0 aromatic heterocycles. The Morgan fingerprint density at radius 3 is 1.90 bits per heavy atom. The van der Waals surface area contributed by atoms with Gasteiger partial charge >= 0.3 is 182 Å². The van der Waals surface area contributed by atoms with E-state index in [0.717, 1.165) is 15.6 Å². The number of allylic oxidation sites excluding steroid dienone is 2. The zero-order valence-corrected chi connectivity index (χ0v) is 21.9. The molecule has 0 atom stereocenters. The number of rotatable bonds is 14. The zero-order chi connectivity index (χ0) is 21.9. The molecule has 0 unspecified atom stereocenters. The van der Waals surface area contributed by atoms with Crippen LogP contribution in [0.3, 0.4) is 0 Å². The average Bonchev–Trinajstić information content (AvgIpc) is 2.72. The molecule has 0 spiro atoms. The summed E-state index contributed by atoms with van der Waals surface area (Å²) in [6.45, 7) is 10.8. The van der Waals surface area contributed by atoms with Gasteiger partial charge < -0.3 is 0 Å². The number of nitrogens with zero attached hydrogens (tertiary/aromatic N) is 1. The molecule has 29 heavy (non-hydrogen) atoms. The van der Waals surface area contributed by atoms with Crippen LogP contribution < -0.4 is 0 Å². The van der Waals surface area contributed by atoms with Crippen LogP contribution in [0.2, 0.25) is 17.7 Å². The first-order chi connectivity index (χ1) is 13.8. The first-order valence-electron chi connectivity index (χ1n) is 11.3. The summed E-state index contributed by atoms with van der Waals surface area (Å²) in [5.74, 6) is -0.000676. The Kier molecular flexibility index (Phi) is 11.8. The van der Waals surface area contributed by atoms with E-state index in [1.165, 1.54) is 64.0 Å². The van der Waals surface area contributed by atoms with E-state index in [0.29, 0.717) is 5.56 Å². The Hall–Kier alpha value is -1.17. The fourth-order valence-corrected chi connectivity index (χ4v) is 20.8. The van der Waals surface area contributed by atoms with Crippen molar-refractivity contribution in [1.29, 1.82) is 0 Å². The van der Waals surface area contributed by atoms with Gasteiger partial charge in [-0.15, -0.1) is 0 Å². The SMILES string of the molecule is CCC[CH2][Sn]([CH2]CCC)([CH2]CCC)[CH2]C(C(=O)c1cccc([N+](=O)[O-])c1)=C(C)C. The molecule has 0 fully saturated rings. The standard InChI is InChI=1S/C12H12NO3.3C4H9.Sn/c1-8(2)9(3)12(14)10-5-4-6-11(7-10)13(15)16;3*1-3-4-2;/h4-7H,3H2,1-2H3;3*1,3-4H2,2H3;. The van der Waals surface area contributed by atoms with Crippen molar-refractivity contribution in [1.82, 2.24) is 0 Å². The molecule has 0 saturated carbocycles. The number of hydrogen-bond donors (Lipinski definition) is 0. The average molecular weight is 508 g/mol. The predicted octanol–water partition coefficient (Wildman–Crippen LogP) is 7.96. The van der Waals surface area contributed by atoms with Crippen LogP contribution in [-0.2, 0) is 0 Å². The van der Waals surface area contributed by atoms with E-state index < -0.39 is 23.3 Å². The molecule has 0 aliphatic rings. The number of nitro groups is 1. The zero-order valence-electron chi connectivity index (χ0n) is 19.1. The Morgan fingerprint density at radius 2 is 1.48 bits per heavy atom. The molecular weight excluding hydrogens is 469 g/mol. The van der Waals surface area contributed by atoms with Gasteiger partial charge in [0.15, 0.2) is 0 Å². The van der Waals surface area contributed by atoms with Crippen molar-refractivity contribution < 1.29 is 9.72 Å². The van der Waals surface area contributed by atoms with Crippen molar-refractivity contribution in [2.75, 3.05) is 0 Å².